The van der Waals surface area contributed by atoms with Gasteiger partial charge >= 0.3 is 0 Å². The maximum atomic E-state index is 11.8. The van der Waals surface area contributed by atoms with Crippen LogP contribution in [0.4, 0.5) is 5.69 Å². The van der Waals surface area contributed by atoms with Crippen LogP contribution in [0.25, 0.3) is 10.2 Å². The highest BCUT2D eigenvalue weighted by atomic mass is 32.1. The number of thiazole rings is 1. The van der Waals surface area contributed by atoms with Gasteiger partial charge in [0.05, 0.1) is 28.3 Å². The first kappa shape index (κ1) is 16.4. The van der Waals surface area contributed by atoms with Gasteiger partial charge in [-0.3, -0.25) is 9.59 Å². The third-order valence-corrected chi connectivity index (χ3v) is 4.39. The van der Waals surface area contributed by atoms with Crippen LogP contribution in [-0.4, -0.2) is 29.9 Å². The lowest BCUT2D eigenvalue weighted by atomic mass is 9.98. The number of hydrogen-bond acceptors (Lipinski definition) is 5. The molecule has 0 fully saturated rings. The summed E-state index contributed by atoms with van der Waals surface area (Å²) in [6.45, 7) is 6.13. The molecular weight excluding hydrogens is 300 g/mol. The molecule has 1 heterocycles. The van der Waals surface area contributed by atoms with Crippen molar-refractivity contribution >= 4 is 39.1 Å². The van der Waals surface area contributed by atoms with E-state index in [1.165, 1.54) is 0 Å². The van der Waals surface area contributed by atoms with E-state index < -0.39 is 0 Å². The first-order valence-electron chi connectivity index (χ1n) is 6.97. The Bertz CT molecular complexity index is 703. The van der Waals surface area contributed by atoms with Crippen molar-refractivity contribution in [3.8, 4) is 0 Å². The molecule has 2 aromatic rings. The fraction of sp³-hybridized carbons (Fsp3) is 0.400. The lowest BCUT2D eigenvalue weighted by Gasteiger charge is -2.13. The minimum Gasteiger partial charge on any atom is -0.346 e. The Morgan fingerprint density at radius 1 is 1.27 bits per heavy atom. The van der Waals surface area contributed by atoms with E-state index in [-0.39, 0.29) is 30.3 Å². The molecule has 0 saturated carbocycles. The number of nitrogens with two attached hydrogens (primary N) is 1. The maximum absolute atomic E-state index is 11.8. The van der Waals surface area contributed by atoms with Crippen molar-refractivity contribution < 1.29 is 9.59 Å². The van der Waals surface area contributed by atoms with Crippen LogP contribution >= 0.6 is 11.3 Å². The van der Waals surface area contributed by atoms with Crippen LogP contribution in [0.5, 0.6) is 0 Å². The summed E-state index contributed by atoms with van der Waals surface area (Å²) in [6.07, 6.45) is 0. The van der Waals surface area contributed by atoms with Crippen LogP contribution < -0.4 is 16.4 Å². The van der Waals surface area contributed by atoms with Gasteiger partial charge < -0.3 is 16.4 Å². The van der Waals surface area contributed by atoms with Gasteiger partial charge in [0.25, 0.3) is 0 Å². The Morgan fingerprint density at radius 2 is 2.00 bits per heavy atom. The lowest BCUT2D eigenvalue weighted by molar-refractivity contribution is -0.123. The molecule has 7 heteroatoms. The van der Waals surface area contributed by atoms with Gasteiger partial charge in [0.15, 0.2) is 0 Å². The molecule has 1 aromatic carbocycles. The van der Waals surface area contributed by atoms with Crippen LogP contribution in [-0.2, 0) is 15.0 Å². The smallest absolute Gasteiger partial charge is 0.243 e. The summed E-state index contributed by atoms with van der Waals surface area (Å²) in [7, 11) is 0. The standard InChI is InChI=1S/C15H20N4O2S/c1-15(2,3)14-19-10-5-4-9(6-11(10)22-14)18-13(21)8-17-12(20)7-16/h4-6H,7-8,16H2,1-3H3,(H,17,20)(H,18,21). The second kappa shape index (κ2) is 6.41. The van der Waals surface area contributed by atoms with Crippen molar-refractivity contribution in [2.45, 2.75) is 26.2 Å². The highest BCUT2D eigenvalue weighted by Crippen LogP contribution is 2.32. The van der Waals surface area contributed by atoms with Gasteiger partial charge in [0.2, 0.25) is 11.8 Å². The minimum absolute atomic E-state index is 0.000394. The number of fused-ring (bicyclic) bond motifs is 1. The van der Waals surface area contributed by atoms with Gasteiger partial charge in [0, 0.05) is 11.1 Å². The number of carbonyl (C=O) groups is 2. The summed E-state index contributed by atoms with van der Waals surface area (Å²) in [6, 6.07) is 5.58. The molecular formula is C15H20N4O2S. The Hall–Kier alpha value is -1.99. The maximum Gasteiger partial charge on any atom is 0.243 e. The zero-order chi connectivity index (χ0) is 16.3. The Balaban J connectivity index is 2.09. The molecule has 22 heavy (non-hydrogen) atoms. The number of carbonyl (C=O) groups excluding carboxylic acids is 2. The van der Waals surface area contributed by atoms with E-state index in [1.807, 2.05) is 12.1 Å². The quantitative estimate of drug-likeness (QED) is 0.797. The topological polar surface area (TPSA) is 97.1 Å². The summed E-state index contributed by atoms with van der Waals surface area (Å²) in [5, 5.41) is 6.23. The summed E-state index contributed by atoms with van der Waals surface area (Å²) < 4.78 is 1.02. The molecule has 1 aromatic heterocycles. The summed E-state index contributed by atoms with van der Waals surface area (Å²) >= 11 is 1.62. The molecule has 0 spiro atoms. The summed E-state index contributed by atoms with van der Waals surface area (Å²) in [4.78, 5) is 27.4. The van der Waals surface area contributed by atoms with E-state index in [4.69, 9.17) is 5.73 Å². The zero-order valence-corrected chi connectivity index (χ0v) is 13.7. The second-order valence-electron chi connectivity index (χ2n) is 5.98. The molecule has 118 valence electrons. The highest BCUT2D eigenvalue weighted by Gasteiger charge is 2.18. The minimum atomic E-state index is -0.358. The fourth-order valence-electron chi connectivity index (χ4n) is 1.78. The average molecular weight is 320 g/mol. The monoisotopic (exact) mass is 320 g/mol. The van der Waals surface area contributed by atoms with Gasteiger partial charge in [-0.15, -0.1) is 11.3 Å². The van der Waals surface area contributed by atoms with Crippen LogP contribution in [0.3, 0.4) is 0 Å². The van der Waals surface area contributed by atoms with Crippen molar-refractivity contribution in [2.24, 2.45) is 5.73 Å². The van der Waals surface area contributed by atoms with Crippen LogP contribution in [0.1, 0.15) is 25.8 Å². The van der Waals surface area contributed by atoms with Gasteiger partial charge in [-0.05, 0) is 18.2 Å². The third-order valence-electron chi connectivity index (χ3n) is 2.95. The molecule has 2 amide bonds. The molecule has 4 N–H and O–H groups in total. The molecule has 0 atom stereocenters. The fourth-order valence-corrected chi connectivity index (χ4v) is 2.84. The van der Waals surface area contributed by atoms with E-state index in [0.29, 0.717) is 5.69 Å². The Kier molecular flexibility index (Phi) is 4.77. The van der Waals surface area contributed by atoms with Gasteiger partial charge in [-0.1, -0.05) is 20.8 Å². The molecule has 0 radical (unpaired) electrons. The summed E-state index contributed by atoms with van der Waals surface area (Å²) in [5.41, 5.74) is 6.77. The van der Waals surface area contributed by atoms with E-state index in [0.717, 1.165) is 15.2 Å². The van der Waals surface area contributed by atoms with Crippen LogP contribution in [0, 0.1) is 0 Å². The van der Waals surface area contributed by atoms with Crippen LogP contribution in [0.2, 0.25) is 0 Å². The predicted molar refractivity (Wildman–Crippen MR) is 89.0 cm³/mol. The molecule has 0 saturated heterocycles. The molecule has 0 aliphatic rings. The number of amides is 2. The van der Waals surface area contributed by atoms with Crippen molar-refractivity contribution in [2.75, 3.05) is 18.4 Å². The number of nitrogens with one attached hydrogen (secondary N) is 2. The van der Waals surface area contributed by atoms with Crippen molar-refractivity contribution in [3.05, 3.63) is 23.2 Å². The number of nitrogens with zero attached hydrogens (tertiary/aromatic N) is 1. The molecule has 6 nitrogen and oxygen atoms in total. The zero-order valence-electron chi connectivity index (χ0n) is 12.9. The van der Waals surface area contributed by atoms with E-state index in [9.17, 15) is 9.59 Å². The molecule has 2 rings (SSSR count). The molecule has 0 aliphatic carbocycles. The van der Waals surface area contributed by atoms with Gasteiger partial charge in [0.1, 0.15) is 0 Å². The lowest BCUT2D eigenvalue weighted by Crippen LogP contribution is -2.36. The highest BCUT2D eigenvalue weighted by molar-refractivity contribution is 7.18. The number of rotatable bonds is 4. The Morgan fingerprint density at radius 3 is 2.64 bits per heavy atom. The number of anilines is 1. The second-order valence-corrected chi connectivity index (χ2v) is 7.01. The van der Waals surface area contributed by atoms with Crippen LogP contribution in [0.15, 0.2) is 18.2 Å². The van der Waals surface area contributed by atoms with Gasteiger partial charge in [-0.2, -0.15) is 0 Å². The van der Waals surface area contributed by atoms with Crippen molar-refractivity contribution in [3.63, 3.8) is 0 Å². The van der Waals surface area contributed by atoms with E-state index >= 15 is 0 Å². The van der Waals surface area contributed by atoms with Crippen molar-refractivity contribution in [1.82, 2.24) is 10.3 Å². The van der Waals surface area contributed by atoms with E-state index in [1.54, 1.807) is 17.4 Å². The largest absolute Gasteiger partial charge is 0.346 e. The first-order chi connectivity index (χ1) is 10.3. The molecule has 0 unspecified atom stereocenters. The average Bonchev–Trinajstić information content (AvgIpc) is 2.88. The summed E-state index contributed by atoms with van der Waals surface area (Å²) in [5.74, 6) is -0.649. The SMILES string of the molecule is CC(C)(C)c1nc2ccc(NC(=O)CNC(=O)CN)cc2s1. The predicted octanol–water partition coefficient (Wildman–Crippen LogP) is 1.61. The first-order valence-corrected chi connectivity index (χ1v) is 7.79. The normalized spacial score (nSPS) is 11.5. The third kappa shape index (κ3) is 4.02. The van der Waals surface area contributed by atoms with E-state index in [2.05, 4.69) is 36.4 Å². The number of benzene rings is 1. The molecule has 0 aliphatic heterocycles. The number of hydrogen-bond donors (Lipinski definition) is 3. The van der Waals surface area contributed by atoms with Crippen molar-refractivity contribution in [1.29, 1.82) is 0 Å². The number of aromatic nitrogens is 1. The molecule has 0 bridgehead atoms. The van der Waals surface area contributed by atoms with Gasteiger partial charge in [-0.25, -0.2) is 4.98 Å². The Labute approximate surface area is 133 Å².